The zero-order chi connectivity index (χ0) is 22.2. The fourth-order valence-corrected chi connectivity index (χ4v) is 6.91. The third-order valence-corrected chi connectivity index (χ3v) is 8.85. The lowest BCUT2D eigenvalue weighted by atomic mass is 9.94. The van der Waals surface area contributed by atoms with Crippen molar-refractivity contribution in [3.05, 3.63) is 52.0 Å². The largest absolute Gasteiger partial charge is 0.497 e. The Hall–Kier alpha value is -1.80. The Balaban J connectivity index is 1.48. The number of benzene rings is 2. The minimum absolute atomic E-state index is 0.0546. The van der Waals surface area contributed by atoms with Crippen molar-refractivity contribution in [3.63, 3.8) is 0 Å². The summed E-state index contributed by atoms with van der Waals surface area (Å²) in [5.74, 6) is 0.616. The van der Waals surface area contributed by atoms with Crippen LogP contribution < -0.4 is 9.64 Å². The molecule has 2 aliphatic heterocycles. The molecule has 9 heteroatoms. The second kappa shape index (κ2) is 8.98. The minimum Gasteiger partial charge on any atom is -0.497 e. The summed E-state index contributed by atoms with van der Waals surface area (Å²) in [4.78, 5) is 15.1. The number of hydrogen-bond acceptors (Lipinski definition) is 4. The molecule has 0 aromatic heterocycles. The van der Waals surface area contributed by atoms with Gasteiger partial charge in [0.25, 0.3) is 0 Å². The zero-order valence-electron chi connectivity index (χ0n) is 17.2. The lowest BCUT2D eigenvalue weighted by Gasteiger charge is -2.36. The van der Waals surface area contributed by atoms with Crippen molar-refractivity contribution >= 4 is 44.8 Å². The van der Waals surface area contributed by atoms with Crippen molar-refractivity contribution < 1.29 is 17.9 Å². The Morgan fingerprint density at radius 3 is 2.39 bits per heavy atom. The topological polar surface area (TPSA) is 66.9 Å². The van der Waals surface area contributed by atoms with Gasteiger partial charge in [0.15, 0.2) is 0 Å². The molecule has 6 nitrogen and oxygen atoms in total. The second-order valence-electron chi connectivity index (χ2n) is 7.82. The number of carbonyl (C=O) groups is 1. The maximum Gasteiger partial charge on any atom is 0.246 e. The summed E-state index contributed by atoms with van der Waals surface area (Å²) in [6.07, 6.45) is 2.72. The molecule has 2 aliphatic rings. The van der Waals surface area contributed by atoms with Crippen LogP contribution in [0.25, 0.3) is 0 Å². The SMILES string of the molecule is COc1ccc2c(c1)CCCN2C(=O)C1CCN(S(=O)(=O)c2c(Cl)cccc2Cl)CC1. The minimum atomic E-state index is -3.82. The molecule has 0 N–H and O–H groups in total. The van der Waals surface area contributed by atoms with Gasteiger partial charge in [-0.15, -0.1) is 0 Å². The second-order valence-corrected chi connectivity index (χ2v) is 10.5. The summed E-state index contributed by atoms with van der Waals surface area (Å²) in [6.45, 7) is 1.18. The highest BCUT2D eigenvalue weighted by Gasteiger charge is 2.36. The van der Waals surface area contributed by atoms with Gasteiger partial charge in [0, 0.05) is 31.2 Å². The van der Waals surface area contributed by atoms with Gasteiger partial charge in [-0.3, -0.25) is 4.79 Å². The predicted molar refractivity (Wildman–Crippen MR) is 122 cm³/mol. The normalized spacial score (nSPS) is 18.0. The van der Waals surface area contributed by atoms with Crippen LogP contribution in [0.15, 0.2) is 41.3 Å². The van der Waals surface area contributed by atoms with E-state index in [1.165, 1.54) is 16.4 Å². The molecule has 1 fully saturated rings. The van der Waals surface area contributed by atoms with Gasteiger partial charge in [-0.1, -0.05) is 29.3 Å². The van der Waals surface area contributed by atoms with Crippen LogP contribution in [0.3, 0.4) is 0 Å². The molecule has 2 heterocycles. The number of anilines is 1. The van der Waals surface area contributed by atoms with Crippen molar-refractivity contribution in [2.45, 2.75) is 30.6 Å². The number of amides is 1. The van der Waals surface area contributed by atoms with E-state index in [1.54, 1.807) is 13.2 Å². The molecule has 2 aromatic carbocycles. The Labute approximate surface area is 192 Å². The summed E-state index contributed by atoms with van der Waals surface area (Å²) >= 11 is 12.2. The molecule has 0 radical (unpaired) electrons. The van der Waals surface area contributed by atoms with Crippen LogP contribution in [0, 0.1) is 5.92 Å². The smallest absolute Gasteiger partial charge is 0.246 e. The van der Waals surface area contributed by atoms with Gasteiger partial charge < -0.3 is 9.64 Å². The van der Waals surface area contributed by atoms with Gasteiger partial charge in [-0.2, -0.15) is 4.31 Å². The number of piperidine rings is 1. The van der Waals surface area contributed by atoms with E-state index in [1.807, 2.05) is 23.1 Å². The third kappa shape index (κ3) is 4.29. The van der Waals surface area contributed by atoms with Crippen molar-refractivity contribution in [2.75, 3.05) is 31.6 Å². The standard InChI is InChI=1S/C22H24Cl2N2O4S/c1-30-17-7-8-20-16(14-17)4-3-11-26(20)22(27)15-9-12-25(13-10-15)31(28,29)21-18(23)5-2-6-19(21)24/h2,5-8,14-15H,3-4,9-13H2,1H3. The van der Waals surface area contributed by atoms with E-state index >= 15 is 0 Å². The molecule has 2 aromatic rings. The van der Waals surface area contributed by atoms with Crippen molar-refractivity contribution in [2.24, 2.45) is 5.92 Å². The predicted octanol–water partition coefficient (Wildman–Crippen LogP) is 4.38. The van der Waals surface area contributed by atoms with E-state index in [4.69, 9.17) is 27.9 Å². The molecular formula is C22H24Cl2N2O4S. The number of aryl methyl sites for hydroxylation is 1. The molecule has 4 rings (SSSR count). The Kier molecular flexibility index (Phi) is 6.49. The van der Waals surface area contributed by atoms with Crippen LogP contribution in [-0.2, 0) is 21.2 Å². The maximum atomic E-state index is 13.3. The van der Waals surface area contributed by atoms with Crippen LogP contribution in [0.2, 0.25) is 10.0 Å². The summed E-state index contributed by atoms with van der Waals surface area (Å²) < 4.78 is 32.8. The molecule has 0 spiro atoms. The van der Waals surface area contributed by atoms with Crippen LogP contribution >= 0.6 is 23.2 Å². The molecule has 0 bridgehead atoms. The maximum absolute atomic E-state index is 13.3. The van der Waals surface area contributed by atoms with Gasteiger partial charge in [-0.05, 0) is 61.6 Å². The Bertz CT molecular complexity index is 1080. The van der Waals surface area contributed by atoms with Crippen LogP contribution in [-0.4, -0.2) is 45.4 Å². The fraction of sp³-hybridized carbons (Fsp3) is 0.409. The van der Waals surface area contributed by atoms with Crippen molar-refractivity contribution in [1.82, 2.24) is 4.31 Å². The van der Waals surface area contributed by atoms with E-state index in [9.17, 15) is 13.2 Å². The quantitative estimate of drug-likeness (QED) is 0.648. The van der Waals surface area contributed by atoms with Gasteiger partial charge in [0.05, 0.1) is 17.2 Å². The first-order valence-corrected chi connectivity index (χ1v) is 12.4. The average molecular weight is 483 g/mol. The van der Waals surface area contributed by atoms with E-state index in [0.717, 1.165) is 29.8 Å². The summed E-state index contributed by atoms with van der Waals surface area (Å²) in [6, 6.07) is 10.4. The number of carbonyl (C=O) groups excluding carboxylic acids is 1. The molecular weight excluding hydrogens is 459 g/mol. The van der Waals surface area contributed by atoms with E-state index in [2.05, 4.69) is 0 Å². The lowest BCUT2D eigenvalue weighted by molar-refractivity contribution is -0.123. The highest BCUT2D eigenvalue weighted by atomic mass is 35.5. The summed E-state index contributed by atoms with van der Waals surface area (Å²) in [7, 11) is -2.19. The highest BCUT2D eigenvalue weighted by Crippen LogP contribution is 2.35. The number of hydrogen-bond donors (Lipinski definition) is 0. The highest BCUT2D eigenvalue weighted by molar-refractivity contribution is 7.89. The first-order valence-electron chi connectivity index (χ1n) is 10.3. The third-order valence-electron chi connectivity index (χ3n) is 5.99. The van der Waals surface area contributed by atoms with Gasteiger partial charge >= 0.3 is 0 Å². The molecule has 0 unspecified atom stereocenters. The number of rotatable bonds is 4. The lowest BCUT2D eigenvalue weighted by Crippen LogP contribution is -2.45. The molecule has 166 valence electrons. The number of halogens is 2. The number of nitrogens with zero attached hydrogens (tertiary/aromatic N) is 2. The number of ether oxygens (including phenoxy) is 1. The molecule has 0 saturated carbocycles. The zero-order valence-corrected chi connectivity index (χ0v) is 19.5. The van der Waals surface area contributed by atoms with Crippen molar-refractivity contribution in [3.8, 4) is 5.75 Å². The van der Waals surface area contributed by atoms with E-state index < -0.39 is 10.0 Å². The monoisotopic (exact) mass is 482 g/mol. The van der Waals surface area contributed by atoms with Gasteiger partial charge in [-0.25, -0.2) is 8.42 Å². The fourth-order valence-electron chi connectivity index (χ4n) is 4.35. The van der Waals surface area contributed by atoms with Gasteiger partial charge in [0.2, 0.25) is 15.9 Å². The van der Waals surface area contributed by atoms with Crippen LogP contribution in [0.1, 0.15) is 24.8 Å². The summed E-state index contributed by atoms with van der Waals surface area (Å²) in [5, 5.41) is 0.206. The Morgan fingerprint density at radius 2 is 1.74 bits per heavy atom. The Morgan fingerprint density at radius 1 is 1.06 bits per heavy atom. The first-order chi connectivity index (χ1) is 14.8. The van der Waals surface area contributed by atoms with E-state index in [-0.39, 0.29) is 39.9 Å². The van der Waals surface area contributed by atoms with Gasteiger partial charge in [0.1, 0.15) is 10.6 Å². The number of methoxy groups -OCH3 is 1. The summed E-state index contributed by atoms with van der Waals surface area (Å²) in [5.41, 5.74) is 2.03. The first kappa shape index (κ1) is 22.4. The molecule has 31 heavy (non-hydrogen) atoms. The molecule has 1 amide bonds. The number of fused-ring (bicyclic) bond motifs is 1. The van der Waals surface area contributed by atoms with Crippen LogP contribution in [0.5, 0.6) is 5.75 Å². The van der Waals surface area contributed by atoms with Crippen molar-refractivity contribution in [1.29, 1.82) is 0 Å². The average Bonchev–Trinajstić information content (AvgIpc) is 2.77. The molecule has 0 aliphatic carbocycles. The van der Waals surface area contributed by atoms with E-state index in [0.29, 0.717) is 19.4 Å². The number of sulfonamides is 1. The molecule has 0 atom stereocenters. The molecule has 1 saturated heterocycles. The van der Waals surface area contributed by atoms with Crippen LogP contribution in [0.4, 0.5) is 5.69 Å².